The molecular formula is C22H17ClN2O2. The van der Waals surface area contributed by atoms with Gasteiger partial charge in [-0.25, -0.2) is 9.98 Å². The Kier molecular flexibility index (Phi) is 5.57. The molecule has 27 heavy (non-hydrogen) atoms. The number of carbonyl (C=O) groups is 2. The summed E-state index contributed by atoms with van der Waals surface area (Å²) in [6, 6.07) is 14.5. The Morgan fingerprint density at radius 3 is 1.81 bits per heavy atom. The molecule has 1 aliphatic rings. The topological polar surface area (TPSA) is 58.9 Å². The van der Waals surface area contributed by atoms with Crippen LogP contribution in [-0.4, -0.2) is 23.2 Å². The molecular weight excluding hydrogens is 360 g/mol. The molecule has 0 saturated carbocycles. The number of carbonyl (C=O) groups excluding carboxylic acids is 2. The molecule has 0 fully saturated rings. The zero-order chi connectivity index (χ0) is 19.4. The lowest BCUT2D eigenvalue weighted by molar-refractivity contribution is 0.0994. The van der Waals surface area contributed by atoms with Gasteiger partial charge >= 0.3 is 0 Å². The summed E-state index contributed by atoms with van der Waals surface area (Å²) in [7, 11) is 0. The molecule has 0 heterocycles. The Morgan fingerprint density at radius 1 is 0.778 bits per heavy atom. The maximum Gasteiger partial charge on any atom is 0.277 e. The van der Waals surface area contributed by atoms with Gasteiger partial charge in [-0.2, -0.15) is 0 Å². The molecule has 0 aromatic heterocycles. The molecule has 0 spiro atoms. The molecule has 0 saturated heterocycles. The normalized spacial score (nSPS) is 16.5. The Morgan fingerprint density at radius 2 is 1.30 bits per heavy atom. The maximum atomic E-state index is 12.4. The molecule has 5 heteroatoms. The van der Waals surface area contributed by atoms with Gasteiger partial charge in [0.1, 0.15) is 0 Å². The van der Waals surface area contributed by atoms with Gasteiger partial charge in [0, 0.05) is 11.1 Å². The number of aliphatic imine (C=N–C) groups is 2. The third-order valence-electron chi connectivity index (χ3n) is 4.13. The van der Waals surface area contributed by atoms with Crippen LogP contribution < -0.4 is 0 Å². The van der Waals surface area contributed by atoms with Gasteiger partial charge in [-0.15, -0.1) is 0 Å². The lowest BCUT2D eigenvalue weighted by Crippen LogP contribution is -2.10. The summed E-state index contributed by atoms with van der Waals surface area (Å²) < 4.78 is 0. The van der Waals surface area contributed by atoms with E-state index in [1.54, 1.807) is 36.4 Å². The number of allylic oxidation sites excluding steroid dienone is 4. The first kappa shape index (κ1) is 18.7. The van der Waals surface area contributed by atoms with E-state index in [2.05, 4.69) is 9.98 Å². The lowest BCUT2D eigenvalue weighted by Gasteiger charge is -2.07. The van der Waals surface area contributed by atoms with Gasteiger partial charge in [0.05, 0.1) is 16.5 Å². The summed E-state index contributed by atoms with van der Waals surface area (Å²) in [6.07, 6.45) is 4.73. The van der Waals surface area contributed by atoms with E-state index in [1.807, 2.05) is 38.1 Å². The van der Waals surface area contributed by atoms with Gasteiger partial charge < -0.3 is 0 Å². The third kappa shape index (κ3) is 4.36. The summed E-state index contributed by atoms with van der Waals surface area (Å²) in [5.74, 6) is -0.708. The zero-order valence-corrected chi connectivity index (χ0v) is 15.7. The van der Waals surface area contributed by atoms with Crippen LogP contribution in [0.3, 0.4) is 0 Å². The average Bonchev–Trinajstić information content (AvgIpc) is 2.64. The second kappa shape index (κ2) is 8.06. The molecule has 2 aromatic carbocycles. The predicted molar refractivity (Wildman–Crippen MR) is 109 cm³/mol. The van der Waals surface area contributed by atoms with Crippen LogP contribution in [-0.2, 0) is 0 Å². The molecule has 1 aliphatic carbocycles. The predicted octanol–water partition coefficient (Wildman–Crippen LogP) is 4.86. The highest BCUT2D eigenvalue weighted by Crippen LogP contribution is 2.16. The molecule has 2 aromatic rings. The Labute approximate surface area is 162 Å². The molecule has 0 radical (unpaired) electrons. The number of aryl methyl sites for hydroxylation is 2. The first-order valence-corrected chi connectivity index (χ1v) is 8.76. The Bertz CT molecular complexity index is 1050. The van der Waals surface area contributed by atoms with Crippen molar-refractivity contribution in [1.29, 1.82) is 0 Å². The summed E-state index contributed by atoms with van der Waals surface area (Å²) in [5.41, 5.74) is 3.52. The number of hydrogen-bond donors (Lipinski definition) is 0. The van der Waals surface area contributed by atoms with Crippen molar-refractivity contribution in [2.45, 2.75) is 13.8 Å². The van der Waals surface area contributed by atoms with Gasteiger partial charge in [-0.05, 0) is 55.3 Å². The van der Waals surface area contributed by atoms with Crippen molar-refractivity contribution in [2.75, 3.05) is 0 Å². The van der Waals surface area contributed by atoms with Crippen molar-refractivity contribution in [2.24, 2.45) is 9.98 Å². The average molecular weight is 377 g/mol. The van der Waals surface area contributed by atoms with E-state index >= 15 is 0 Å². The number of halogens is 1. The monoisotopic (exact) mass is 376 g/mol. The summed E-state index contributed by atoms with van der Waals surface area (Å²) in [5, 5.41) is 0.260. The first-order valence-electron chi connectivity index (χ1n) is 8.38. The van der Waals surface area contributed by atoms with Crippen LogP contribution in [0.5, 0.6) is 0 Å². The number of amides is 2. The highest BCUT2D eigenvalue weighted by Gasteiger charge is 2.14. The minimum Gasteiger partial charge on any atom is -0.267 e. The number of benzene rings is 2. The van der Waals surface area contributed by atoms with Crippen LogP contribution in [0.4, 0.5) is 0 Å². The first-order chi connectivity index (χ1) is 13.0. The van der Waals surface area contributed by atoms with E-state index < -0.39 is 0 Å². The molecule has 3 rings (SSSR count). The van der Waals surface area contributed by atoms with E-state index in [1.165, 1.54) is 6.08 Å². The van der Waals surface area contributed by atoms with E-state index in [0.29, 0.717) is 22.6 Å². The fraction of sp³-hybridized carbons (Fsp3) is 0.0909. The number of rotatable bonds is 2. The molecule has 0 unspecified atom stereocenters. The van der Waals surface area contributed by atoms with Crippen LogP contribution in [0, 0.1) is 13.8 Å². The van der Waals surface area contributed by atoms with Crippen molar-refractivity contribution >= 4 is 34.8 Å². The Balaban J connectivity index is 1.83. The van der Waals surface area contributed by atoms with E-state index in [9.17, 15) is 9.59 Å². The van der Waals surface area contributed by atoms with Gasteiger partial charge in [0.15, 0.2) is 0 Å². The van der Waals surface area contributed by atoms with Gasteiger partial charge in [0.25, 0.3) is 11.8 Å². The molecule has 0 N–H and O–H groups in total. The zero-order valence-electron chi connectivity index (χ0n) is 14.9. The standard InChI is InChI=1S/C22H17ClN2O2/c1-14-7-3-5-9-17(14)21(26)24-16-11-12-20(19(23)13-16)25-22(27)18-10-6-4-8-15(18)2/h3-13H,1-2H3. The largest absolute Gasteiger partial charge is 0.277 e. The van der Waals surface area contributed by atoms with Crippen molar-refractivity contribution in [3.8, 4) is 0 Å². The summed E-state index contributed by atoms with van der Waals surface area (Å²) >= 11 is 6.24. The van der Waals surface area contributed by atoms with Crippen LogP contribution in [0.2, 0.25) is 0 Å². The lowest BCUT2D eigenvalue weighted by atomic mass is 10.1. The molecule has 0 atom stereocenters. The minimum atomic E-state index is -0.365. The fourth-order valence-electron chi connectivity index (χ4n) is 2.63. The third-order valence-corrected chi connectivity index (χ3v) is 4.44. The maximum absolute atomic E-state index is 12.4. The minimum absolute atomic E-state index is 0.260. The van der Waals surface area contributed by atoms with E-state index in [0.717, 1.165) is 11.1 Å². The molecule has 0 bridgehead atoms. The van der Waals surface area contributed by atoms with Crippen LogP contribution in [0.25, 0.3) is 0 Å². The van der Waals surface area contributed by atoms with Crippen molar-refractivity contribution in [1.82, 2.24) is 0 Å². The second-order valence-corrected chi connectivity index (χ2v) is 6.51. The fourth-order valence-corrected chi connectivity index (χ4v) is 2.85. The molecule has 134 valence electrons. The van der Waals surface area contributed by atoms with Gasteiger partial charge in [-0.3, -0.25) is 9.59 Å². The van der Waals surface area contributed by atoms with Crippen LogP contribution in [0.15, 0.2) is 81.8 Å². The number of hydrogen-bond acceptors (Lipinski definition) is 2. The summed E-state index contributed by atoms with van der Waals surface area (Å²) in [4.78, 5) is 32.9. The van der Waals surface area contributed by atoms with Crippen LogP contribution in [0.1, 0.15) is 31.8 Å². The molecule has 2 amide bonds. The second-order valence-electron chi connectivity index (χ2n) is 6.10. The van der Waals surface area contributed by atoms with E-state index in [4.69, 9.17) is 11.6 Å². The van der Waals surface area contributed by atoms with Crippen LogP contribution >= 0.6 is 11.6 Å². The summed E-state index contributed by atoms with van der Waals surface area (Å²) in [6.45, 7) is 3.71. The van der Waals surface area contributed by atoms with Gasteiger partial charge in [0.2, 0.25) is 0 Å². The highest BCUT2D eigenvalue weighted by molar-refractivity contribution is 6.49. The number of nitrogens with zero attached hydrogens (tertiary/aromatic N) is 2. The Hall–Kier alpha value is -3.11. The van der Waals surface area contributed by atoms with E-state index in [-0.39, 0.29) is 16.8 Å². The molecule has 0 aliphatic heterocycles. The quantitative estimate of drug-likeness (QED) is 0.703. The van der Waals surface area contributed by atoms with Crippen molar-refractivity contribution in [3.63, 3.8) is 0 Å². The van der Waals surface area contributed by atoms with Crippen molar-refractivity contribution in [3.05, 3.63) is 94.0 Å². The molecule has 4 nitrogen and oxygen atoms in total. The van der Waals surface area contributed by atoms with Gasteiger partial charge in [-0.1, -0.05) is 48.0 Å². The highest BCUT2D eigenvalue weighted by atomic mass is 35.5. The van der Waals surface area contributed by atoms with Crippen molar-refractivity contribution < 1.29 is 9.59 Å². The smallest absolute Gasteiger partial charge is 0.267 e. The SMILES string of the molecule is Cc1ccccc1C(=O)N=C1C=CC(=NC(=O)c2ccccc2C)C(Cl)=C1.